The molecule has 0 amide bonds. The van der Waals surface area contributed by atoms with E-state index in [1.54, 1.807) is 0 Å². The summed E-state index contributed by atoms with van der Waals surface area (Å²) >= 11 is 0. The maximum Gasteiger partial charge on any atom is 0.433 e. The highest BCUT2D eigenvalue weighted by Gasteiger charge is 2.33. The van der Waals surface area contributed by atoms with Gasteiger partial charge in [-0.2, -0.15) is 18.2 Å². The van der Waals surface area contributed by atoms with Gasteiger partial charge in [-0.15, -0.1) is 0 Å². The fourth-order valence-electron chi connectivity index (χ4n) is 1.54. The van der Waals surface area contributed by atoms with Crippen LogP contribution in [-0.4, -0.2) is 9.97 Å². The number of hydrogen-bond acceptors (Lipinski definition) is 5. The Morgan fingerprint density at radius 3 is 2.40 bits per heavy atom. The maximum atomic E-state index is 12.7. The minimum absolute atomic E-state index is 0.0455. The molecule has 0 aliphatic rings. The molecule has 0 aliphatic carbocycles. The summed E-state index contributed by atoms with van der Waals surface area (Å²) in [6, 6.07) is 10.1. The van der Waals surface area contributed by atoms with Crippen molar-refractivity contribution in [2.24, 2.45) is 5.84 Å². The van der Waals surface area contributed by atoms with Crippen molar-refractivity contribution >= 4 is 11.8 Å². The van der Waals surface area contributed by atoms with Gasteiger partial charge in [0, 0.05) is 12.6 Å². The van der Waals surface area contributed by atoms with E-state index in [1.165, 1.54) is 0 Å². The van der Waals surface area contributed by atoms with Crippen LogP contribution in [0.5, 0.6) is 0 Å². The molecule has 106 valence electrons. The third kappa shape index (κ3) is 3.58. The summed E-state index contributed by atoms with van der Waals surface area (Å²) in [4.78, 5) is 7.09. The Morgan fingerprint density at radius 2 is 1.80 bits per heavy atom. The summed E-state index contributed by atoms with van der Waals surface area (Å²) in [6.07, 6.45) is -4.56. The number of nitrogens with two attached hydrogens (primary N) is 1. The minimum atomic E-state index is -4.56. The standard InChI is InChI=1S/C12H12F3N5/c13-12(14,15)9-6-10(19-11(18-9)20-16)17-7-8-4-2-1-3-5-8/h1-6H,7,16H2,(H2,17,18,19,20). The quantitative estimate of drug-likeness (QED) is 0.593. The third-order valence-corrected chi connectivity index (χ3v) is 2.46. The molecule has 0 fully saturated rings. The fourth-order valence-corrected chi connectivity index (χ4v) is 1.54. The van der Waals surface area contributed by atoms with Gasteiger partial charge in [-0.05, 0) is 5.56 Å². The molecule has 8 heteroatoms. The number of anilines is 2. The number of hydrogen-bond donors (Lipinski definition) is 3. The van der Waals surface area contributed by atoms with Crippen molar-refractivity contribution in [1.29, 1.82) is 0 Å². The number of aromatic nitrogens is 2. The van der Waals surface area contributed by atoms with Crippen LogP contribution in [0.3, 0.4) is 0 Å². The van der Waals surface area contributed by atoms with E-state index in [2.05, 4.69) is 15.3 Å². The van der Waals surface area contributed by atoms with Crippen molar-refractivity contribution in [1.82, 2.24) is 9.97 Å². The molecule has 0 atom stereocenters. The van der Waals surface area contributed by atoms with Crippen molar-refractivity contribution in [3.05, 3.63) is 47.7 Å². The number of nitrogens with one attached hydrogen (secondary N) is 2. The molecule has 20 heavy (non-hydrogen) atoms. The van der Waals surface area contributed by atoms with Gasteiger partial charge in [0.1, 0.15) is 5.82 Å². The largest absolute Gasteiger partial charge is 0.433 e. The Balaban J connectivity index is 2.19. The fraction of sp³-hybridized carbons (Fsp3) is 0.167. The van der Waals surface area contributed by atoms with E-state index in [4.69, 9.17) is 5.84 Å². The highest BCUT2D eigenvalue weighted by Crippen LogP contribution is 2.29. The molecule has 0 aliphatic heterocycles. The van der Waals surface area contributed by atoms with E-state index in [0.29, 0.717) is 6.54 Å². The third-order valence-electron chi connectivity index (χ3n) is 2.46. The zero-order valence-corrected chi connectivity index (χ0v) is 10.3. The molecule has 0 saturated carbocycles. The van der Waals surface area contributed by atoms with Gasteiger partial charge in [0.25, 0.3) is 0 Å². The Hall–Kier alpha value is -2.35. The highest BCUT2D eigenvalue weighted by atomic mass is 19.4. The van der Waals surface area contributed by atoms with Gasteiger partial charge in [0.15, 0.2) is 5.69 Å². The first-order valence-corrected chi connectivity index (χ1v) is 5.70. The van der Waals surface area contributed by atoms with Crippen LogP contribution in [0.2, 0.25) is 0 Å². The van der Waals surface area contributed by atoms with Crippen LogP contribution in [0.4, 0.5) is 24.9 Å². The molecule has 1 aromatic carbocycles. The van der Waals surface area contributed by atoms with Gasteiger partial charge < -0.3 is 5.32 Å². The topological polar surface area (TPSA) is 75.9 Å². The smallest absolute Gasteiger partial charge is 0.366 e. The monoisotopic (exact) mass is 283 g/mol. The first-order valence-electron chi connectivity index (χ1n) is 5.70. The summed E-state index contributed by atoms with van der Waals surface area (Å²) < 4.78 is 38.0. The zero-order valence-electron chi connectivity index (χ0n) is 10.3. The average molecular weight is 283 g/mol. The van der Waals surface area contributed by atoms with Gasteiger partial charge in [0.05, 0.1) is 0 Å². The number of halogens is 3. The van der Waals surface area contributed by atoms with Crippen molar-refractivity contribution in [3.8, 4) is 0 Å². The normalized spacial score (nSPS) is 11.2. The predicted molar refractivity (Wildman–Crippen MR) is 68.6 cm³/mol. The number of rotatable bonds is 4. The summed E-state index contributed by atoms with van der Waals surface area (Å²) in [7, 11) is 0. The SMILES string of the molecule is NNc1nc(NCc2ccccc2)cc(C(F)(F)F)n1. The molecule has 5 nitrogen and oxygen atoms in total. The zero-order chi connectivity index (χ0) is 14.6. The van der Waals surface area contributed by atoms with E-state index in [9.17, 15) is 13.2 Å². The number of alkyl halides is 3. The summed E-state index contributed by atoms with van der Waals surface area (Å²) in [5, 5.41) is 2.80. The van der Waals surface area contributed by atoms with Crippen molar-refractivity contribution in [2.45, 2.75) is 12.7 Å². The number of benzene rings is 1. The Labute approximate surface area is 113 Å². The van der Waals surface area contributed by atoms with Crippen LogP contribution >= 0.6 is 0 Å². The summed E-state index contributed by atoms with van der Waals surface area (Å²) in [6.45, 7) is 0.346. The molecular weight excluding hydrogens is 271 g/mol. The molecule has 0 spiro atoms. The number of hydrazine groups is 1. The second-order valence-electron chi connectivity index (χ2n) is 3.94. The van der Waals surface area contributed by atoms with Crippen LogP contribution in [0.25, 0.3) is 0 Å². The van der Waals surface area contributed by atoms with Crippen LogP contribution in [-0.2, 0) is 12.7 Å². The molecule has 1 aromatic heterocycles. The van der Waals surface area contributed by atoms with E-state index in [0.717, 1.165) is 11.6 Å². The highest BCUT2D eigenvalue weighted by molar-refractivity contribution is 5.43. The van der Waals surface area contributed by atoms with Gasteiger partial charge >= 0.3 is 6.18 Å². The second kappa shape index (κ2) is 5.74. The lowest BCUT2D eigenvalue weighted by Crippen LogP contribution is -2.16. The Kier molecular flexibility index (Phi) is 4.04. The molecule has 0 radical (unpaired) electrons. The molecule has 0 saturated heterocycles. The Morgan fingerprint density at radius 1 is 1.10 bits per heavy atom. The van der Waals surface area contributed by atoms with E-state index in [1.807, 2.05) is 35.8 Å². The van der Waals surface area contributed by atoms with E-state index < -0.39 is 11.9 Å². The molecule has 2 aromatic rings. The maximum absolute atomic E-state index is 12.7. The van der Waals surface area contributed by atoms with Crippen LogP contribution in [0, 0.1) is 0 Å². The van der Waals surface area contributed by atoms with Gasteiger partial charge in [0.2, 0.25) is 5.95 Å². The number of nitrogen functional groups attached to an aromatic ring is 1. The van der Waals surface area contributed by atoms with Crippen molar-refractivity contribution in [3.63, 3.8) is 0 Å². The lowest BCUT2D eigenvalue weighted by Gasteiger charge is -2.11. The number of nitrogens with zero attached hydrogens (tertiary/aromatic N) is 2. The molecule has 4 N–H and O–H groups in total. The predicted octanol–water partition coefficient (Wildman–Crippen LogP) is 2.39. The van der Waals surface area contributed by atoms with Gasteiger partial charge in [-0.25, -0.2) is 10.8 Å². The minimum Gasteiger partial charge on any atom is -0.366 e. The van der Waals surface area contributed by atoms with Gasteiger partial charge in [-0.3, -0.25) is 5.43 Å². The first-order chi connectivity index (χ1) is 9.49. The molecule has 0 bridgehead atoms. The summed E-state index contributed by atoms with van der Waals surface area (Å²) in [5.41, 5.74) is 1.88. The van der Waals surface area contributed by atoms with E-state index >= 15 is 0 Å². The van der Waals surface area contributed by atoms with Crippen LogP contribution in [0.1, 0.15) is 11.3 Å². The summed E-state index contributed by atoms with van der Waals surface area (Å²) in [5.74, 6) is 4.82. The second-order valence-corrected chi connectivity index (χ2v) is 3.94. The van der Waals surface area contributed by atoms with E-state index in [-0.39, 0.29) is 11.8 Å². The molecular formula is C12H12F3N5. The van der Waals surface area contributed by atoms with Crippen LogP contribution in [0.15, 0.2) is 36.4 Å². The lowest BCUT2D eigenvalue weighted by atomic mass is 10.2. The average Bonchev–Trinajstić information content (AvgIpc) is 2.45. The lowest BCUT2D eigenvalue weighted by molar-refractivity contribution is -0.141. The first kappa shape index (κ1) is 14.1. The van der Waals surface area contributed by atoms with Crippen molar-refractivity contribution < 1.29 is 13.2 Å². The van der Waals surface area contributed by atoms with Gasteiger partial charge in [-0.1, -0.05) is 30.3 Å². The molecule has 0 unspecified atom stereocenters. The molecule has 2 rings (SSSR count). The Bertz CT molecular complexity index is 571. The van der Waals surface area contributed by atoms with Crippen molar-refractivity contribution in [2.75, 3.05) is 10.7 Å². The van der Waals surface area contributed by atoms with Crippen LogP contribution < -0.4 is 16.6 Å². The molecule has 1 heterocycles.